The summed E-state index contributed by atoms with van der Waals surface area (Å²) in [5, 5.41) is 3.55. The molecule has 0 aliphatic carbocycles. The van der Waals surface area contributed by atoms with Crippen LogP contribution in [-0.2, 0) is 6.54 Å². The van der Waals surface area contributed by atoms with Crippen LogP contribution in [0.5, 0.6) is 11.5 Å². The maximum atomic E-state index is 5.31. The lowest BCUT2D eigenvalue weighted by Gasteiger charge is -2.16. The number of hydrogen-bond acceptors (Lipinski definition) is 3. The van der Waals surface area contributed by atoms with E-state index in [0.29, 0.717) is 6.04 Å². The van der Waals surface area contributed by atoms with Gasteiger partial charge in [0.25, 0.3) is 0 Å². The molecule has 0 aromatic heterocycles. The first kappa shape index (κ1) is 15.8. The molecule has 3 heteroatoms. The number of ether oxygens (including phenoxy) is 2. The molecule has 3 nitrogen and oxygen atoms in total. The largest absolute Gasteiger partial charge is 0.493 e. The third-order valence-electron chi connectivity index (χ3n) is 3.28. The van der Waals surface area contributed by atoms with Crippen molar-refractivity contribution in [2.45, 2.75) is 46.2 Å². The summed E-state index contributed by atoms with van der Waals surface area (Å²) < 4.78 is 10.5. The van der Waals surface area contributed by atoms with Gasteiger partial charge in [-0.1, -0.05) is 19.9 Å². The van der Waals surface area contributed by atoms with E-state index in [2.05, 4.69) is 32.2 Å². The molecule has 0 radical (unpaired) electrons. The van der Waals surface area contributed by atoms with Crippen LogP contribution in [0.4, 0.5) is 0 Å². The van der Waals surface area contributed by atoms with Crippen molar-refractivity contribution in [3.8, 4) is 11.5 Å². The van der Waals surface area contributed by atoms with E-state index in [9.17, 15) is 0 Å². The van der Waals surface area contributed by atoms with Gasteiger partial charge in [0.2, 0.25) is 0 Å². The molecular formula is C16H27NO2. The molecule has 19 heavy (non-hydrogen) atoms. The fourth-order valence-corrected chi connectivity index (χ4v) is 1.97. The zero-order chi connectivity index (χ0) is 14.3. The summed E-state index contributed by atoms with van der Waals surface area (Å²) in [5.41, 5.74) is 1.22. The average molecular weight is 265 g/mol. The third-order valence-corrected chi connectivity index (χ3v) is 3.28. The van der Waals surface area contributed by atoms with Gasteiger partial charge >= 0.3 is 0 Å². The van der Waals surface area contributed by atoms with Crippen LogP contribution in [0.25, 0.3) is 0 Å². The van der Waals surface area contributed by atoms with E-state index in [1.54, 1.807) is 14.2 Å². The predicted octanol–water partition coefficient (Wildman–Crippen LogP) is 3.62. The second kappa shape index (κ2) is 8.05. The van der Waals surface area contributed by atoms with E-state index in [-0.39, 0.29) is 0 Å². The van der Waals surface area contributed by atoms with Crippen molar-refractivity contribution < 1.29 is 9.47 Å². The summed E-state index contributed by atoms with van der Waals surface area (Å²) in [7, 11) is 3.32. The highest BCUT2D eigenvalue weighted by Gasteiger charge is 2.06. The molecule has 1 atom stereocenters. The summed E-state index contributed by atoms with van der Waals surface area (Å²) in [4.78, 5) is 0. The van der Waals surface area contributed by atoms with Crippen LogP contribution in [-0.4, -0.2) is 20.3 Å². The molecule has 1 rings (SSSR count). The van der Waals surface area contributed by atoms with Crippen LogP contribution in [0.1, 0.15) is 39.2 Å². The van der Waals surface area contributed by atoms with Gasteiger partial charge < -0.3 is 14.8 Å². The van der Waals surface area contributed by atoms with Crippen LogP contribution in [0.3, 0.4) is 0 Å². The monoisotopic (exact) mass is 265 g/mol. The van der Waals surface area contributed by atoms with Crippen LogP contribution < -0.4 is 14.8 Å². The Hall–Kier alpha value is -1.22. The van der Waals surface area contributed by atoms with Crippen LogP contribution >= 0.6 is 0 Å². The molecule has 1 aromatic rings. The summed E-state index contributed by atoms with van der Waals surface area (Å²) in [6.45, 7) is 7.63. The minimum Gasteiger partial charge on any atom is -0.493 e. The first-order valence-electron chi connectivity index (χ1n) is 7.01. The van der Waals surface area contributed by atoms with Crippen molar-refractivity contribution >= 4 is 0 Å². The summed E-state index contributed by atoms with van der Waals surface area (Å²) in [6, 6.07) is 6.59. The summed E-state index contributed by atoms with van der Waals surface area (Å²) in [5.74, 6) is 2.33. The first-order valence-corrected chi connectivity index (χ1v) is 7.01. The molecular weight excluding hydrogens is 238 g/mol. The lowest BCUT2D eigenvalue weighted by Crippen LogP contribution is -2.25. The smallest absolute Gasteiger partial charge is 0.161 e. The minimum atomic E-state index is 0.537. The second-order valence-corrected chi connectivity index (χ2v) is 5.44. The van der Waals surface area contributed by atoms with Gasteiger partial charge in [0.15, 0.2) is 11.5 Å². The van der Waals surface area contributed by atoms with Crippen molar-refractivity contribution in [1.29, 1.82) is 0 Å². The molecule has 1 unspecified atom stereocenters. The van der Waals surface area contributed by atoms with Gasteiger partial charge in [-0.15, -0.1) is 0 Å². The van der Waals surface area contributed by atoms with Crippen LogP contribution in [0, 0.1) is 5.92 Å². The molecule has 0 aliphatic heterocycles. The topological polar surface area (TPSA) is 30.5 Å². The highest BCUT2D eigenvalue weighted by molar-refractivity contribution is 5.42. The lowest BCUT2D eigenvalue weighted by molar-refractivity contribution is 0.354. The number of nitrogens with one attached hydrogen (secondary N) is 1. The SMILES string of the molecule is COc1ccc(CNC(C)CCC(C)C)cc1OC. The van der Waals surface area contributed by atoms with E-state index >= 15 is 0 Å². The van der Waals surface area contributed by atoms with Crippen LogP contribution in [0.2, 0.25) is 0 Å². The lowest BCUT2D eigenvalue weighted by atomic mass is 10.0. The maximum Gasteiger partial charge on any atom is 0.161 e. The Bertz CT molecular complexity index is 377. The summed E-state index contributed by atoms with van der Waals surface area (Å²) >= 11 is 0. The van der Waals surface area contributed by atoms with Gasteiger partial charge in [-0.25, -0.2) is 0 Å². The van der Waals surface area contributed by atoms with Crippen molar-refractivity contribution in [2.75, 3.05) is 14.2 Å². The van der Waals surface area contributed by atoms with Crippen molar-refractivity contribution in [3.63, 3.8) is 0 Å². The van der Waals surface area contributed by atoms with Gasteiger partial charge in [-0.3, -0.25) is 0 Å². The Morgan fingerprint density at radius 3 is 2.26 bits per heavy atom. The quantitative estimate of drug-likeness (QED) is 0.778. The van der Waals surface area contributed by atoms with Gasteiger partial charge in [-0.2, -0.15) is 0 Å². The number of hydrogen-bond donors (Lipinski definition) is 1. The Kier molecular flexibility index (Phi) is 6.71. The molecule has 1 N–H and O–H groups in total. The fourth-order valence-electron chi connectivity index (χ4n) is 1.97. The van der Waals surface area contributed by atoms with Gasteiger partial charge in [-0.05, 0) is 43.4 Å². The highest BCUT2D eigenvalue weighted by atomic mass is 16.5. The average Bonchev–Trinajstić information content (AvgIpc) is 2.42. The Morgan fingerprint density at radius 2 is 1.68 bits per heavy atom. The molecule has 0 saturated carbocycles. The maximum absolute atomic E-state index is 5.31. The van der Waals surface area contributed by atoms with Crippen molar-refractivity contribution in [3.05, 3.63) is 23.8 Å². The molecule has 1 aromatic carbocycles. The zero-order valence-corrected chi connectivity index (χ0v) is 12.8. The zero-order valence-electron chi connectivity index (χ0n) is 12.8. The Morgan fingerprint density at radius 1 is 1.00 bits per heavy atom. The highest BCUT2D eigenvalue weighted by Crippen LogP contribution is 2.27. The van der Waals surface area contributed by atoms with E-state index in [1.807, 2.05) is 12.1 Å². The first-order chi connectivity index (χ1) is 9.06. The molecule has 0 heterocycles. The predicted molar refractivity (Wildman–Crippen MR) is 79.9 cm³/mol. The summed E-state index contributed by atoms with van der Waals surface area (Å²) in [6.07, 6.45) is 2.48. The van der Waals surface area contributed by atoms with Gasteiger partial charge in [0, 0.05) is 12.6 Å². The van der Waals surface area contributed by atoms with Crippen molar-refractivity contribution in [2.24, 2.45) is 5.92 Å². The molecule has 0 aliphatic rings. The normalized spacial score (nSPS) is 12.5. The minimum absolute atomic E-state index is 0.537. The molecule has 0 saturated heterocycles. The van der Waals surface area contributed by atoms with Crippen LogP contribution in [0.15, 0.2) is 18.2 Å². The van der Waals surface area contributed by atoms with E-state index < -0.39 is 0 Å². The molecule has 0 fully saturated rings. The standard InChI is InChI=1S/C16H27NO2/c1-12(2)6-7-13(3)17-11-14-8-9-15(18-4)16(10-14)19-5/h8-10,12-13,17H,6-7,11H2,1-5H3. The molecule has 0 spiro atoms. The Balaban J connectivity index is 2.49. The number of methoxy groups -OCH3 is 2. The fraction of sp³-hybridized carbons (Fsp3) is 0.625. The van der Waals surface area contributed by atoms with E-state index in [0.717, 1.165) is 24.0 Å². The van der Waals surface area contributed by atoms with Gasteiger partial charge in [0.1, 0.15) is 0 Å². The molecule has 0 bridgehead atoms. The molecule has 108 valence electrons. The third kappa shape index (κ3) is 5.52. The number of rotatable bonds is 8. The Labute approximate surface area is 117 Å². The number of benzene rings is 1. The molecule has 0 amide bonds. The van der Waals surface area contributed by atoms with E-state index in [4.69, 9.17) is 9.47 Å². The van der Waals surface area contributed by atoms with Gasteiger partial charge in [0.05, 0.1) is 14.2 Å². The van der Waals surface area contributed by atoms with E-state index in [1.165, 1.54) is 18.4 Å². The second-order valence-electron chi connectivity index (χ2n) is 5.44. The van der Waals surface area contributed by atoms with Crippen molar-refractivity contribution in [1.82, 2.24) is 5.32 Å².